The molecule has 0 amide bonds. The first kappa shape index (κ1) is 16.8. The highest BCUT2D eigenvalue weighted by Crippen LogP contribution is 2.32. The maximum atomic E-state index is 12.6. The third-order valence-electron chi connectivity index (χ3n) is 4.67. The molecule has 2 aromatic heterocycles. The van der Waals surface area contributed by atoms with Gasteiger partial charge in [-0.25, -0.2) is 4.68 Å². The molecule has 5 nitrogen and oxygen atoms in total. The van der Waals surface area contributed by atoms with Crippen LogP contribution >= 0.6 is 0 Å². The van der Waals surface area contributed by atoms with Gasteiger partial charge in [-0.15, -0.1) is 5.10 Å². The van der Waals surface area contributed by atoms with E-state index in [1.54, 1.807) is 0 Å². The predicted octanol–water partition coefficient (Wildman–Crippen LogP) is 4.18. The van der Waals surface area contributed by atoms with Gasteiger partial charge < -0.3 is 5.32 Å². The molecule has 0 bridgehead atoms. The third kappa shape index (κ3) is 3.36. The van der Waals surface area contributed by atoms with Crippen molar-refractivity contribution < 1.29 is 13.2 Å². The minimum absolute atomic E-state index is 0.383. The quantitative estimate of drug-likeness (QED) is 0.741. The molecule has 2 heterocycles. The topological polar surface area (TPSA) is 55.6 Å². The van der Waals surface area contributed by atoms with Crippen LogP contribution in [0.25, 0.3) is 11.0 Å². The minimum Gasteiger partial charge on any atom is -0.381 e. The van der Waals surface area contributed by atoms with Gasteiger partial charge in [0.1, 0.15) is 11.2 Å². The standard InChI is InChI=1S/C18H18F3N5/c1-11-14(22-8-13-4-7-16(23-9-13)18(19,20)21)5-6-15-17(11)24-25-26(15)10-12-2-3-12/h4-7,9,12,22H,2-3,8,10H2,1H3. The van der Waals surface area contributed by atoms with E-state index in [0.29, 0.717) is 18.0 Å². The average Bonchev–Trinajstić information content (AvgIpc) is 3.33. The average molecular weight is 361 g/mol. The second kappa shape index (κ2) is 6.26. The summed E-state index contributed by atoms with van der Waals surface area (Å²) in [5.41, 5.74) is 3.51. The van der Waals surface area contributed by atoms with E-state index in [1.165, 1.54) is 25.1 Å². The number of anilines is 1. The summed E-state index contributed by atoms with van der Waals surface area (Å²) in [6.07, 6.45) is -0.669. The molecule has 3 aromatic rings. The van der Waals surface area contributed by atoms with E-state index < -0.39 is 11.9 Å². The second-order valence-electron chi connectivity index (χ2n) is 6.72. The first-order chi connectivity index (χ1) is 12.4. The summed E-state index contributed by atoms with van der Waals surface area (Å²) < 4.78 is 39.6. The number of hydrogen-bond donors (Lipinski definition) is 1. The maximum Gasteiger partial charge on any atom is 0.433 e. The Kier molecular flexibility index (Phi) is 4.05. The van der Waals surface area contributed by atoms with Gasteiger partial charge in [-0.05, 0) is 49.4 Å². The largest absolute Gasteiger partial charge is 0.433 e. The van der Waals surface area contributed by atoms with E-state index >= 15 is 0 Å². The molecular weight excluding hydrogens is 343 g/mol. The van der Waals surface area contributed by atoms with E-state index in [-0.39, 0.29) is 0 Å². The van der Waals surface area contributed by atoms with Crippen molar-refractivity contribution >= 4 is 16.7 Å². The molecule has 1 aliphatic rings. The summed E-state index contributed by atoms with van der Waals surface area (Å²) in [6.45, 7) is 3.25. The number of fused-ring (bicyclic) bond motifs is 1. The number of pyridine rings is 1. The van der Waals surface area contributed by atoms with Crippen LogP contribution in [0.4, 0.5) is 18.9 Å². The van der Waals surface area contributed by atoms with Crippen LogP contribution in [0.15, 0.2) is 30.5 Å². The van der Waals surface area contributed by atoms with Crippen LogP contribution in [0.1, 0.15) is 29.7 Å². The Hall–Kier alpha value is -2.64. The van der Waals surface area contributed by atoms with Crippen LogP contribution in [0.3, 0.4) is 0 Å². The van der Waals surface area contributed by atoms with Gasteiger partial charge in [0.2, 0.25) is 0 Å². The van der Waals surface area contributed by atoms with Crippen molar-refractivity contribution in [1.82, 2.24) is 20.0 Å². The highest BCUT2D eigenvalue weighted by Gasteiger charge is 2.32. The third-order valence-corrected chi connectivity index (χ3v) is 4.67. The predicted molar refractivity (Wildman–Crippen MR) is 91.6 cm³/mol. The molecule has 0 spiro atoms. The molecule has 0 radical (unpaired) electrons. The first-order valence-corrected chi connectivity index (χ1v) is 8.50. The van der Waals surface area contributed by atoms with Crippen molar-refractivity contribution in [3.05, 3.63) is 47.3 Å². The Labute approximate surface area is 148 Å². The SMILES string of the molecule is Cc1c(NCc2ccc(C(F)(F)F)nc2)ccc2c1nnn2CC1CC1. The molecule has 0 aliphatic heterocycles. The lowest BCUT2D eigenvalue weighted by Crippen LogP contribution is -2.09. The molecule has 0 saturated heterocycles. The van der Waals surface area contributed by atoms with Gasteiger partial charge in [0, 0.05) is 30.5 Å². The first-order valence-electron chi connectivity index (χ1n) is 8.50. The number of rotatable bonds is 5. The number of hydrogen-bond acceptors (Lipinski definition) is 4. The van der Waals surface area contributed by atoms with Crippen molar-refractivity contribution in [3.63, 3.8) is 0 Å². The fraction of sp³-hybridized carbons (Fsp3) is 0.389. The van der Waals surface area contributed by atoms with E-state index in [9.17, 15) is 13.2 Å². The van der Waals surface area contributed by atoms with Gasteiger partial charge in [0.25, 0.3) is 0 Å². The van der Waals surface area contributed by atoms with Crippen molar-refractivity contribution in [2.24, 2.45) is 5.92 Å². The monoisotopic (exact) mass is 361 g/mol. The Balaban J connectivity index is 1.49. The van der Waals surface area contributed by atoms with Gasteiger partial charge in [-0.1, -0.05) is 11.3 Å². The van der Waals surface area contributed by atoms with E-state index in [0.717, 1.165) is 34.9 Å². The number of nitrogens with zero attached hydrogens (tertiary/aromatic N) is 4. The van der Waals surface area contributed by atoms with Crippen molar-refractivity contribution in [2.75, 3.05) is 5.32 Å². The van der Waals surface area contributed by atoms with Crippen LogP contribution in [0.5, 0.6) is 0 Å². The van der Waals surface area contributed by atoms with E-state index in [4.69, 9.17) is 0 Å². The smallest absolute Gasteiger partial charge is 0.381 e. The molecule has 0 unspecified atom stereocenters. The van der Waals surface area contributed by atoms with Crippen molar-refractivity contribution in [2.45, 2.75) is 39.0 Å². The number of nitrogens with one attached hydrogen (secondary N) is 1. The molecule has 8 heteroatoms. The molecule has 1 N–H and O–H groups in total. The Morgan fingerprint density at radius 2 is 2.00 bits per heavy atom. The molecule has 1 fully saturated rings. The Morgan fingerprint density at radius 1 is 1.19 bits per heavy atom. The summed E-state index contributed by atoms with van der Waals surface area (Å²) in [4.78, 5) is 3.48. The zero-order valence-corrected chi connectivity index (χ0v) is 14.2. The van der Waals surface area contributed by atoms with Crippen molar-refractivity contribution in [3.8, 4) is 0 Å². The normalized spacial score (nSPS) is 14.8. The van der Waals surface area contributed by atoms with Crippen LogP contribution in [0.2, 0.25) is 0 Å². The Morgan fingerprint density at radius 3 is 2.65 bits per heavy atom. The summed E-state index contributed by atoms with van der Waals surface area (Å²) in [6, 6.07) is 6.37. The van der Waals surface area contributed by atoms with Crippen LogP contribution in [0, 0.1) is 12.8 Å². The minimum atomic E-state index is -4.42. The summed E-state index contributed by atoms with van der Waals surface area (Å²) >= 11 is 0. The number of aromatic nitrogens is 4. The molecule has 1 saturated carbocycles. The highest BCUT2D eigenvalue weighted by atomic mass is 19.4. The number of alkyl halides is 3. The number of aryl methyl sites for hydroxylation is 1. The molecule has 4 rings (SSSR count). The Bertz CT molecular complexity index is 926. The molecular formula is C18H18F3N5. The van der Waals surface area contributed by atoms with Gasteiger partial charge in [-0.3, -0.25) is 4.98 Å². The molecule has 1 aromatic carbocycles. The number of halogens is 3. The maximum absolute atomic E-state index is 12.6. The molecule has 26 heavy (non-hydrogen) atoms. The molecule has 1 aliphatic carbocycles. The highest BCUT2D eigenvalue weighted by molar-refractivity contribution is 5.83. The fourth-order valence-electron chi connectivity index (χ4n) is 2.93. The van der Waals surface area contributed by atoms with E-state index in [1.807, 2.05) is 23.7 Å². The zero-order valence-electron chi connectivity index (χ0n) is 14.2. The summed E-state index contributed by atoms with van der Waals surface area (Å²) in [5.74, 6) is 0.713. The van der Waals surface area contributed by atoms with Gasteiger partial charge in [-0.2, -0.15) is 13.2 Å². The van der Waals surface area contributed by atoms with Crippen LogP contribution < -0.4 is 5.32 Å². The van der Waals surface area contributed by atoms with Crippen LogP contribution in [-0.4, -0.2) is 20.0 Å². The van der Waals surface area contributed by atoms with Gasteiger partial charge >= 0.3 is 6.18 Å². The van der Waals surface area contributed by atoms with Gasteiger partial charge in [0.05, 0.1) is 5.52 Å². The molecule has 0 atom stereocenters. The lowest BCUT2D eigenvalue weighted by atomic mass is 10.1. The summed E-state index contributed by atoms with van der Waals surface area (Å²) in [7, 11) is 0. The fourth-order valence-corrected chi connectivity index (χ4v) is 2.93. The lowest BCUT2D eigenvalue weighted by molar-refractivity contribution is -0.141. The van der Waals surface area contributed by atoms with Crippen molar-refractivity contribution in [1.29, 1.82) is 0 Å². The second-order valence-corrected chi connectivity index (χ2v) is 6.72. The van der Waals surface area contributed by atoms with Crippen LogP contribution in [-0.2, 0) is 19.3 Å². The zero-order chi connectivity index (χ0) is 18.3. The van der Waals surface area contributed by atoms with E-state index in [2.05, 4.69) is 20.6 Å². The van der Waals surface area contributed by atoms with Gasteiger partial charge in [0.15, 0.2) is 0 Å². The lowest BCUT2D eigenvalue weighted by Gasteiger charge is -2.11. The summed E-state index contributed by atoms with van der Waals surface area (Å²) in [5, 5.41) is 11.8. The number of benzene rings is 1. The molecule has 136 valence electrons.